The lowest BCUT2D eigenvalue weighted by atomic mass is 9.94. The Balaban J connectivity index is 3.25. The molecular formula is C12H19O3P. The first kappa shape index (κ1) is 13.4. The quantitative estimate of drug-likeness (QED) is 0.798. The fourth-order valence-electron chi connectivity index (χ4n) is 2.16. The summed E-state index contributed by atoms with van der Waals surface area (Å²) >= 11 is 0. The summed E-state index contributed by atoms with van der Waals surface area (Å²) < 4.78 is 11.0. The molecule has 0 spiro atoms. The van der Waals surface area contributed by atoms with Crippen LogP contribution in [0.2, 0.25) is 0 Å². The first-order valence-electron chi connectivity index (χ1n) is 5.53. The molecule has 0 amide bonds. The Morgan fingerprint density at radius 3 is 2.12 bits per heavy atom. The fraction of sp³-hybridized carbons (Fsp3) is 0.500. The van der Waals surface area contributed by atoms with Crippen molar-refractivity contribution in [3.8, 4) is 0 Å². The molecule has 0 aromatic heterocycles. The van der Waals surface area contributed by atoms with Crippen LogP contribution in [0.3, 0.4) is 0 Å². The molecule has 0 aliphatic heterocycles. The molecule has 0 saturated heterocycles. The van der Waals surface area contributed by atoms with Crippen LogP contribution in [-0.2, 0) is 23.6 Å². The molecule has 16 heavy (non-hydrogen) atoms. The average Bonchev–Trinajstić information content (AvgIpc) is 2.18. The third-order valence-corrected chi connectivity index (χ3v) is 3.60. The van der Waals surface area contributed by atoms with Crippen LogP contribution < -0.4 is 0 Å². The van der Waals surface area contributed by atoms with Crippen molar-refractivity contribution in [3.05, 3.63) is 34.4 Å². The van der Waals surface area contributed by atoms with Gasteiger partial charge < -0.3 is 9.79 Å². The summed E-state index contributed by atoms with van der Waals surface area (Å²) in [5, 5.41) is 0. The van der Waals surface area contributed by atoms with E-state index in [0.29, 0.717) is 0 Å². The zero-order valence-corrected chi connectivity index (χ0v) is 10.9. The van der Waals surface area contributed by atoms with E-state index >= 15 is 0 Å². The minimum atomic E-state index is -3.97. The van der Waals surface area contributed by atoms with Gasteiger partial charge in [-0.15, -0.1) is 0 Å². The molecular weight excluding hydrogens is 223 g/mol. The zero-order chi connectivity index (χ0) is 12.3. The summed E-state index contributed by atoms with van der Waals surface area (Å²) in [6.07, 6.45) is 1.58. The second-order valence-corrected chi connectivity index (χ2v) is 5.67. The smallest absolute Gasteiger partial charge is 0.324 e. The highest BCUT2D eigenvalue weighted by Crippen LogP contribution is 2.40. The van der Waals surface area contributed by atoms with Gasteiger partial charge in [-0.05, 0) is 42.0 Å². The predicted octanol–water partition coefficient (Wildman–Crippen LogP) is 2.80. The summed E-state index contributed by atoms with van der Waals surface area (Å²) in [6, 6.07) is 3.79. The standard InChI is InChI=1S/C12H19O3P/c1-4-11-9(3)6-7-10(12(11)5-2)8-16(13,14)15/h6-7H,4-5,8H2,1-3H3,(H2,13,14,15). The largest absolute Gasteiger partial charge is 0.329 e. The molecule has 4 heteroatoms. The van der Waals surface area contributed by atoms with Gasteiger partial charge in [-0.1, -0.05) is 26.0 Å². The Morgan fingerprint density at radius 2 is 1.69 bits per heavy atom. The molecule has 0 unspecified atom stereocenters. The number of benzene rings is 1. The summed E-state index contributed by atoms with van der Waals surface area (Å²) in [4.78, 5) is 18.1. The maximum atomic E-state index is 11.0. The van der Waals surface area contributed by atoms with Crippen LogP contribution in [0.5, 0.6) is 0 Å². The Morgan fingerprint density at radius 1 is 1.12 bits per heavy atom. The Hall–Kier alpha value is -0.630. The Bertz CT molecular complexity index is 421. The summed E-state index contributed by atoms with van der Waals surface area (Å²) in [5.74, 6) is 0. The van der Waals surface area contributed by atoms with Gasteiger partial charge in [-0.2, -0.15) is 0 Å². The van der Waals surface area contributed by atoms with E-state index in [-0.39, 0.29) is 6.16 Å². The molecule has 0 fully saturated rings. The summed E-state index contributed by atoms with van der Waals surface area (Å²) in [7, 11) is -3.97. The van der Waals surface area contributed by atoms with Crippen molar-refractivity contribution < 1.29 is 14.4 Å². The third-order valence-electron chi connectivity index (χ3n) is 2.85. The van der Waals surface area contributed by atoms with Crippen LogP contribution in [-0.4, -0.2) is 9.79 Å². The van der Waals surface area contributed by atoms with Crippen molar-refractivity contribution in [2.75, 3.05) is 0 Å². The van der Waals surface area contributed by atoms with Crippen molar-refractivity contribution in [2.24, 2.45) is 0 Å². The van der Waals surface area contributed by atoms with E-state index in [1.807, 2.05) is 26.0 Å². The molecule has 0 radical (unpaired) electrons. The highest BCUT2D eigenvalue weighted by molar-refractivity contribution is 7.50. The van der Waals surface area contributed by atoms with Crippen molar-refractivity contribution in [3.63, 3.8) is 0 Å². The SMILES string of the molecule is CCc1c(C)ccc(CP(=O)(O)O)c1CC. The average molecular weight is 242 g/mol. The van der Waals surface area contributed by atoms with Crippen LogP contribution in [0, 0.1) is 6.92 Å². The van der Waals surface area contributed by atoms with E-state index in [0.717, 1.165) is 24.0 Å². The number of rotatable bonds is 4. The van der Waals surface area contributed by atoms with Gasteiger partial charge in [0.2, 0.25) is 0 Å². The third kappa shape index (κ3) is 3.18. The molecule has 1 aromatic carbocycles. The minimum Gasteiger partial charge on any atom is -0.324 e. The summed E-state index contributed by atoms with van der Waals surface area (Å²) in [6.45, 7) is 6.14. The van der Waals surface area contributed by atoms with E-state index in [1.54, 1.807) is 0 Å². The lowest BCUT2D eigenvalue weighted by Crippen LogP contribution is -2.01. The van der Waals surface area contributed by atoms with Crippen LogP contribution >= 0.6 is 7.60 Å². The van der Waals surface area contributed by atoms with E-state index < -0.39 is 7.60 Å². The van der Waals surface area contributed by atoms with Gasteiger partial charge >= 0.3 is 7.60 Å². The monoisotopic (exact) mass is 242 g/mol. The molecule has 90 valence electrons. The normalized spacial score (nSPS) is 11.8. The molecule has 0 heterocycles. The lowest BCUT2D eigenvalue weighted by molar-refractivity contribution is 0.371. The maximum absolute atomic E-state index is 11.0. The van der Waals surface area contributed by atoms with Crippen LogP contribution in [0.1, 0.15) is 36.1 Å². The first-order chi connectivity index (χ1) is 7.39. The Kier molecular flexibility index (Phi) is 4.31. The fourth-order valence-corrected chi connectivity index (χ4v) is 2.90. The summed E-state index contributed by atoms with van der Waals surface area (Å²) in [5.41, 5.74) is 4.33. The molecule has 0 aliphatic rings. The van der Waals surface area contributed by atoms with Gasteiger partial charge in [0, 0.05) is 0 Å². The highest BCUT2D eigenvalue weighted by atomic mass is 31.2. The molecule has 0 bridgehead atoms. The molecule has 1 aromatic rings. The van der Waals surface area contributed by atoms with Gasteiger partial charge in [0.05, 0.1) is 6.16 Å². The molecule has 3 nitrogen and oxygen atoms in total. The minimum absolute atomic E-state index is 0.149. The van der Waals surface area contributed by atoms with Gasteiger partial charge in [0.15, 0.2) is 0 Å². The van der Waals surface area contributed by atoms with Gasteiger partial charge in [0.1, 0.15) is 0 Å². The molecule has 0 atom stereocenters. The zero-order valence-electron chi connectivity index (χ0n) is 10.0. The maximum Gasteiger partial charge on any atom is 0.329 e. The molecule has 2 N–H and O–H groups in total. The topological polar surface area (TPSA) is 57.5 Å². The van der Waals surface area contributed by atoms with Crippen molar-refractivity contribution in [1.29, 1.82) is 0 Å². The second kappa shape index (κ2) is 5.13. The lowest BCUT2D eigenvalue weighted by Gasteiger charge is -2.15. The van der Waals surface area contributed by atoms with Gasteiger partial charge in [0.25, 0.3) is 0 Å². The number of hydrogen-bond acceptors (Lipinski definition) is 1. The van der Waals surface area contributed by atoms with Crippen LogP contribution in [0.4, 0.5) is 0 Å². The molecule has 0 aliphatic carbocycles. The van der Waals surface area contributed by atoms with Crippen molar-refractivity contribution >= 4 is 7.60 Å². The van der Waals surface area contributed by atoms with Crippen LogP contribution in [0.15, 0.2) is 12.1 Å². The second-order valence-electron chi connectivity index (χ2n) is 4.03. The number of hydrogen-bond donors (Lipinski definition) is 2. The van der Waals surface area contributed by atoms with Gasteiger partial charge in [-0.25, -0.2) is 0 Å². The van der Waals surface area contributed by atoms with E-state index in [4.69, 9.17) is 9.79 Å². The first-order valence-corrected chi connectivity index (χ1v) is 7.33. The van der Waals surface area contributed by atoms with Crippen molar-refractivity contribution in [2.45, 2.75) is 39.8 Å². The number of aryl methyl sites for hydroxylation is 1. The Labute approximate surface area is 96.7 Å². The highest BCUT2D eigenvalue weighted by Gasteiger charge is 2.18. The van der Waals surface area contributed by atoms with E-state index in [9.17, 15) is 4.57 Å². The van der Waals surface area contributed by atoms with E-state index in [1.165, 1.54) is 11.1 Å². The van der Waals surface area contributed by atoms with Crippen molar-refractivity contribution in [1.82, 2.24) is 0 Å². The predicted molar refractivity (Wildman–Crippen MR) is 65.7 cm³/mol. The molecule has 0 saturated carbocycles. The van der Waals surface area contributed by atoms with E-state index in [2.05, 4.69) is 6.92 Å². The van der Waals surface area contributed by atoms with Crippen LogP contribution in [0.25, 0.3) is 0 Å². The van der Waals surface area contributed by atoms with Gasteiger partial charge in [-0.3, -0.25) is 4.57 Å². The molecule has 1 rings (SSSR count).